The van der Waals surface area contributed by atoms with E-state index in [1.165, 1.54) is 12.1 Å². The normalized spacial score (nSPS) is 14.9. The zero-order valence-electron chi connectivity index (χ0n) is 14.1. The molecule has 1 aliphatic heterocycles. The third-order valence-corrected chi connectivity index (χ3v) is 4.18. The summed E-state index contributed by atoms with van der Waals surface area (Å²) in [5, 5.41) is 13.6. The Kier molecular flexibility index (Phi) is 4.14. The summed E-state index contributed by atoms with van der Waals surface area (Å²) in [5.74, 6) is 0.906. The van der Waals surface area contributed by atoms with E-state index in [9.17, 15) is 14.9 Å². The van der Waals surface area contributed by atoms with Crippen LogP contribution < -0.4 is 5.32 Å². The Bertz CT molecular complexity index is 1080. The van der Waals surface area contributed by atoms with Crippen molar-refractivity contribution in [2.45, 2.75) is 0 Å². The third-order valence-electron chi connectivity index (χ3n) is 4.18. The summed E-state index contributed by atoms with van der Waals surface area (Å²) in [6.45, 7) is 0. The zero-order chi connectivity index (χ0) is 18.8. The minimum absolute atomic E-state index is 0.0221. The van der Waals surface area contributed by atoms with Gasteiger partial charge in [0.05, 0.1) is 4.92 Å². The molecule has 1 aliphatic rings. The summed E-state index contributed by atoms with van der Waals surface area (Å²) in [6, 6.07) is 19.2. The van der Waals surface area contributed by atoms with Gasteiger partial charge < -0.3 is 9.73 Å². The lowest BCUT2D eigenvalue weighted by atomic mass is 10.1. The molecule has 0 saturated heterocycles. The molecule has 0 atom stereocenters. The highest BCUT2D eigenvalue weighted by Gasteiger charge is 2.19. The van der Waals surface area contributed by atoms with E-state index < -0.39 is 4.92 Å². The lowest BCUT2D eigenvalue weighted by Gasteiger charge is -2.00. The van der Waals surface area contributed by atoms with Gasteiger partial charge in [-0.15, -0.1) is 0 Å². The van der Waals surface area contributed by atoms with Crippen molar-refractivity contribution in [1.29, 1.82) is 0 Å². The summed E-state index contributed by atoms with van der Waals surface area (Å²) in [4.78, 5) is 22.5. The van der Waals surface area contributed by atoms with Crippen molar-refractivity contribution in [2.75, 3.05) is 0 Å². The first-order valence-electron chi connectivity index (χ1n) is 8.25. The first-order chi connectivity index (χ1) is 13.1. The Labute approximate surface area is 154 Å². The van der Waals surface area contributed by atoms with Crippen molar-refractivity contribution in [2.24, 2.45) is 0 Å². The van der Waals surface area contributed by atoms with Gasteiger partial charge in [-0.3, -0.25) is 14.9 Å². The highest BCUT2D eigenvalue weighted by atomic mass is 16.6. The molecule has 0 spiro atoms. The summed E-state index contributed by atoms with van der Waals surface area (Å²) >= 11 is 0. The molecule has 1 N–H and O–H groups in total. The number of carbonyl (C=O) groups is 1. The van der Waals surface area contributed by atoms with Gasteiger partial charge in [0.25, 0.3) is 11.6 Å². The quantitative estimate of drug-likeness (QED) is 0.425. The fourth-order valence-electron chi connectivity index (χ4n) is 2.82. The van der Waals surface area contributed by atoms with Crippen molar-refractivity contribution in [3.63, 3.8) is 0 Å². The van der Waals surface area contributed by atoms with E-state index in [0.717, 1.165) is 16.8 Å². The van der Waals surface area contributed by atoms with E-state index in [1.54, 1.807) is 36.4 Å². The van der Waals surface area contributed by atoms with Crippen molar-refractivity contribution in [1.82, 2.24) is 5.32 Å². The molecule has 27 heavy (non-hydrogen) atoms. The second kappa shape index (κ2) is 6.76. The number of rotatable bonds is 4. The van der Waals surface area contributed by atoms with Gasteiger partial charge in [0, 0.05) is 29.0 Å². The van der Waals surface area contributed by atoms with Crippen molar-refractivity contribution < 1.29 is 14.1 Å². The Hall–Kier alpha value is -3.93. The van der Waals surface area contributed by atoms with Crippen LogP contribution in [-0.4, -0.2) is 10.8 Å². The smallest absolute Gasteiger partial charge is 0.269 e. The largest absolute Gasteiger partial charge is 0.457 e. The molecule has 0 bridgehead atoms. The van der Waals surface area contributed by atoms with E-state index in [4.69, 9.17) is 4.42 Å². The van der Waals surface area contributed by atoms with Crippen molar-refractivity contribution in [3.8, 4) is 11.3 Å². The van der Waals surface area contributed by atoms with Crippen LogP contribution in [0, 0.1) is 10.1 Å². The minimum atomic E-state index is -0.447. The maximum atomic E-state index is 12.2. The van der Waals surface area contributed by atoms with Gasteiger partial charge in [-0.25, -0.2) is 0 Å². The number of nitrogens with one attached hydrogen (secondary N) is 1. The second-order valence-corrected chi connectivity index (χ2v) is 5.98. The van der Waals surface area contributed by atoms with Gasteiger partial charge in [-0.2, -0.15) is 0 Å². The maximum absolute atomic E-state index is 12.2. The molecule has 2 aromatic carbocycles. The molecular formula is C21H14N2O4. The monoisotopic (exact) mass is 358 g/mol. The Morgan fingerprint density at radius 3 is 2.37 bits per heavy atom. The van der Waals surface area contributed by atoms with Crippen LogP contribution in [0.15, 0.2) is 82.8 Å². The number of hydrogen-bond donors (Lipinski definition) is 1. The molecule has 1 amide bonds. The number of nitro benzene ring substituents is 1. The molecule has 0 unspecified atom stereocenters. The van der Waals surface area contributed by atoms with Crippen LogP contribution in [0.5, 0.6) is 0 Å². The zero-order valence-corrected chi connectivity index (χ0v) is 14.1. The molecule has 132 valence electrons. The van der Waals surface area contributed by atoms with Crippen molar-refractivity contribution in [3.05, 3.63) is 99.8 Å². The van der Waals surface area contributed by atoms with Gasteiger partial charge in [0.2, 0.25) is 0 Å². The number of furan rings is 1. The molecule has 2 heterocycles. The summed E-state index contributed by atoms with van der Waals surface area (Å²) < 4.78 is 5.77. The Morgan fingerprint density at radius 1 is 0.926 bits per heavy atom. The molecule has 3 aromatic rings. The van der Waals surface area contributed by atoms with Crippen LogP contribution in [0.3, 0.4) is 0 Å². The van der Waals surface area contributed by atoms with Gasteiger partial charge in [-0.05, 0) is 42.0 Å². The Balaban J connectivity index is 1.59. The average molecular weight is 358 g/mol. The van der Waals surface area contributed by atoms with E-state index in [-0.39, 0.29) is 11.6 Å². The standard InChI is InChI=1S/C21H14N2O4/c24-21-16(13-19(22-21)14-4-2-1-3-5-14)12-18-10-11-20(27-18)15-6-8-17(9-7-15)23(25)26/h1-13H,(H,22,24)/b16-12+. The number of nitro groups is 1. The van der Waals surface area contributed by atoms with Crippen LogP contribution in [-0.2, 0) is 4.79 Å². The first kappa shape index (κ1) is 16.5. The molecule has 0 radical (unpaired) electrons. The molecule has 4 rings (SSSR count). The predicted octanol–water partition coefficient (Wildman–Crippen LogP) is 4.41. The number of non-ortho nitro benzene ring substituents is 1. The van der Waals surface area contributed by atoms with Crippen LogP contribution in [0.1, 0.15) is 11.3 Å². The molecule has 0 aliphatic carbocycles. The van der Waals surface area contributed by atoms with Crippen LogP contribution in [0.4, 0.5) is 5.69 Å². The van der Waals surface area contributed by atoms with E-state index in [2.05, 4.69) is 5.32 Å². The van der Waals surface area contributed by atoms with E-state index >= 15 is 0 Å². The number of nitrogens with zero attached hydrogens (tertiary/aromatic N) is 1. The minimum Gasteiger partial charge on any atom is -0.457 e. The maximum Gasteiger partial charge on any atom is 0.269 e. The van der Waals surface area contributed by atoms with E-state index in [0.29, 0.717) is 17.1 Å². The lowest BCUT2D eigenvalue weighted by Crippen LogP contribution is -2.15. The van der Waals surface area contributed by atoms with Gasteiger partial charge in [0.1, 0.15) is 11.5 Å². The predicted molar refractivity (Wildman–Crippen MR) is 101 cm³/mol. The SMILES string of the molecule is O=C1NC(c2ccccc2)=C/C1=C\c1ccc(-c2ccc([N+](=O)[O-])cc2)o1. The summed E-state index contributed by atoms with van der Waals surface area (Å²) in [6.07, 6.45) is 3.45. The fourth-order valence-corrected chi connectivity index (χ4v) is 2.82. The van der Waals surface area contributed by atoms with Gasteiger partial charge in [0.15, 0.2) is 0 Å². The lowest BCUT2D eigenvalue weighted by molar-refractivity contribution is -0.384. The third kappa shape index (κ3) is 3.41. The van der Waals surface area contributed by atoms with Gasteiger partial charge in [-0.1, -0.05) is 30.3 Å². The topological polar surface area (TPSA) is 85.4 Å². The number of benzene rings is 2. The highest BCUT2D eigenvalue weighted by Crippen LogP contribution is 2.27. The molecular weight excluding hydrogens is 344 g/mol. The fraction of sp³-hybridized carbons (Fsp3) is 0. The molecule has 0 saturated carbocycles. The van der Waals surface area contributed by atoms with Crippen LogP contribution in [0.25, 0.3) is 23.1 Å². The van der Waals surface area contributed by atoms with Crippen molar-refractivity contribution >= 4 is 23.4 Å². The van der Waals surface area contributed by atoms with E-state index in [1.807, 2.05) is 30.3 Å². The second-order valence-electron chi connectivity index (χ2n) is 5.98. The molecule has 0 fully saturated rings. The number of amides is 1. The molecule has 1 aromatic heterocycles. The average Bonchev–Trinajstić information content (AvgIpc) is 3.30. The first-order valence-corrected chi connectivity index (χ1v) is 8.25. The number of carbonyl (C=O) groups excluding carboxylic acids is 1. The highest BCUT2D eigenvalue weighted by molar-refractivity contribution is 6.10. The van der Waals surface area contributed by atoms with Crippen LogP contribution in [0.2, 0.25) is 0 Å². The van der Waals surface area contributed by atoms with Gasteiger partial charge >= 0.3 is 0 Å². The number of hydrogen-bond acceptors (Lipinski definition) is 4. The molecule has 6 heteroatoms. The summed E-state index contributed by atoms with van der Waals surface area (Å²) in [5.41, 5.74) is 2.92. The Morgan fingerprint density at radius 2 is 1.67 bits per heavy atom. The van der Waals surface area contributed by atoms with Crippen LogP contribution >= 0.6 is 0 Å². The summed E-state index contributed by atoms with van der Waals surface area (Å²) in [7, 11) is 0. The molecule has 6 nitrogen and oxygen atoms in total.